The Morgan fingerprint density at radius 1 is 1.00 bits per heavy atom. The Morgan fingerprint density at radius 2 is 1.53 bits per heavy atom. The van der Waals surface area contributed by atoms with Crippen molar-refractivity contribution in [3.63, 3.8) is 0 Å². The molecule has 0 amide bonds. The van der Waals surface area contributed by atoms with E-state index in [1.807, 2.05) is 13.8 Å². The normalized spacial score (nSPS) is 18.3. The minimum atomic E-state index is -1.63. The highest BCUT2D eigenvalue weighted by molar-refractivity contribution is 5.63. The zero-order valence-electron chi connectivity index (χ0n) is 11.6. The second kappa shape index (κ2) is 10.1. The Kier molecular flexibility index (Phi) is 9.72. The van der Waals surface area contributed by atoms with Gasteiger partial charge in [-0.1, -0.05) is 13.8 Å². The van der Waals surface area contributed by atoms with Gasteiger partial charge in [0.1, 0.15) is 24.4 Å². The molecular weight excluding hydrogens is 252 g/mol. The Balaban J connectivity index is 4.42. The van der Waals surface area contributed by atoms with Gasteiger partial charge in [0.05, 0.1) is 12.8 Å². The summed E-state index contributed by atoms with van der Waals surface area (Å²) < 4.78 is 0. The summed E-state index contributed by atoms with van der Waals surface area (Å²) in [4.78, 5) is 0. The Bertz CT molecular complexity index is 246. The molecule has 0 heterocycles. The molecule has 0 saturated heterocycles. The predicted molar refractivity (Wildman–Crippen MR) is 71.8 cm³/mol. The average Bonchev–Trinajstić information content (AvgIpc) is 2.42. The van der Waals surface area contributed by atoms with Gasteiger partial charge in [0.2, 0.25) is 0 Å². The van der Waals surface area contributed by atoms with E-state index in [1.54, 1.807) is 5.01 Å². The van der Waals surface area contributed by atoms with E-state index in [9.17, 15) is 15.3 Å². The summed E-state index contributed by atoms with van der Waals surface area (Å²) in [5, 5.41) is 52.3. The van der Waals surface area contributed by atoms with Gasteiger partial charge in [-0.3, -0.25) is 5.01 Å². The van der Waals surface area contributed by atoms with E-state index in [4.69, 9.17) is 10.2 Å². The Hall–Kier alpha value is -0.730. The van der Waals surface area contributed by atoms with Gasteiger partial charge in [-0.2, -0.15) is 5.10 Å². The first kappa shape index (κ1) is 18.3. The van der Waals surface area contributed by atoms with Crippen LogP contribution in [0.2, 0.25) is 0 Å². The van der Waals surface area contributed by atoms with Crippen LogP contribution in [0.25, 0.3) is 0 Å². The van der Waals surface area contributed by atoms with Crippen LogP contribution in [-0.4, -0.2) is 80.9 Å². The van der Waals surface area contributed by atoms with Crippen LogP contribution in [0.1, 0.15) is 26.7 Å². The molecular formula is C12H26N2O5. The molecule has 0 unspecified atom stereocenters. The zero-order chi connectivity index (χ0) is 14.8. The maximum absolute atomic E-state index is 9.64. The van der Waals surface area contributed by atoms with Gasteiger partial charge in [-0.15, -0.1) is 0 Å². The number of aliphatic hydroxyl groups is 5. The van der Waals surface area contributed by atoms with Crippen LogP contribution in [0.4, 0.5) is 0 Å². The number of hydrazone groups is 1. The summed E-state index contributed by atoms with van der Waals surface area (Å²) >= 11 is 0. The van der Waals surface area contributed by atoms with E-state index in [0.717, 1.165) is 32.1 Å². The van der Waals surface area contributed by atoms with Gasteiger partial charge in [0, 0.05) is 13.1 Å². The molecule has 5 N–H and O–H groups in total. The summed E-state index contributed by atoms with van der Waals surface area (Å²) in [6.45, 7) is 4.78. The SMILES string of the molecule is CCCN(CCC)/N=C/[C@@H](O)[C@@H](O)[C@H](O)[C@H](O)CO. The number of rotatable bonds is 10. The second-order valence-corrected chi connectivity index (χ2v) is 4.44. The summed E-state index contributed by atoms with van der Waals surface area (Å²) in [5.41, 5.74) is 0. The van der Waals surface area contributed by atoms with E-state index in [-0.39, 0.29) is 0 Å². The molecule has 7 heteroatoms. The van der Waals surface area contributed by atoms with Crippen LogP contribution >= 0.6 is 0 Å². The van der Waals surface area contributed by atoms with Crippen molar-refractivity contribution < 1.29 is 25.5 Å². The number of nitrogens with zero attached hydrogens (tertiary/aromatic N) is 2. The van der Waals surface area contributed by atoms with E-state index >= 15 is 0 Å². The molecule has 0 radical (unpaired) electrons. The lowest BCUT2D eigenvalue weighted by Gasteiger charge is -2.24. The highest BCUT2D eigenvalue weighted by atomic mass is 16.4. The van der Waals surface area contributed by atoms with Crippen LogP contribution in [0.15, 0.2) is 5.10 Å². The quantitative estimate of drug-likeness (QED) is 0.246. The molecule has 0 rings (SSSR count). The van der Waals surface area contributed by atoms with E-state index in [2.05, 4.69) is 5.10 Å². The molecule has 0 aliphatic heterocycles. The van der Waals surface area contributed by atoms with Gasteiger partial charge in [0.25, 0.3) is 0 Å². The molecule has 0 aliphatic rings. The van der Waals surface area contributed by atoms with Crippen molar-refractivity contribution in [1.82, 2.24) is 5.01 Å². The third kappa shape index (κ3) is 6.84. The minimum Gasteiger partial charge on any atom is -0.394 e. The lowest BCUT2D eigenvalue weighted by atomic mass is 10.0. The molecule has 0 aromatic carbocycles. The molecule has 7 nitrogen and oxygen atoms in total. The number of aliphatic hydroxyl groups excluding tert-OH is 5. The van der Waals surface area contributed by atoms with Crippen LogP contribution in [0, 0.1) is 0 Å². The fraction of sp³-hybridized carbons (Fsp3) is 0.917. The van der Waals surface area contributed by atoms with Crippen molar-refractivity contribution in [2.24, 2.45) is 5.10 Å². The number of hydrogen-bond donors (Lipinski definition) is 5. The lowest BCUT2D eigenvalue weighted by molar-refractivity contribution is -0.100. The van der Waals surface area contributed by atoms with Gasteiger partial charge in [-0.25, -0.2) is 0 Å². The maximum Gasteiger partial charge on any atom is 0.119 e. The van der Waals surface area contributed by atoms with Crippen molar-refractivity contribution in [2.75, 3.05) is 19.7 Å². The molecule has 114 valence electrons. The third-order valence-corrected chi connectivity index (χ3v) is 2.63. The monoisotopic (exact) mass is 278 g/mol. The maximum atomic E-state index is 9.64. The first-order valence-corrected chi connectivity index (χ1v) is 6.60. The largest absolute Gasteiger partial charge is 0.394 e. The topological polar surface area (TPSA) is 117 Å². The van der Waals surface area contributed by atoms with Gasteiger partial charge in [0.15, 0.2) is 0 Å². The summed E-state index contributed by atoms with van der Waals surface area (Å²) in [6, 6.07) is 0. The summed E-state index contributed by atoms with van der Waals surface area (Å²) in [6.07, 6.45) is -3.20. The Morgan fingerprint density at radius 3 is 1.95 bits per heavy atom. The predicted octanol–water partition coefficient (Wildman–Crippen LogP) is -1.47. The van der Waals surface area contributed by atoms with Crippen LogP contribution < -0.4 is 0 Å². The minimum absolute atomic E-state index is 0.695. The molecule has 0 bridgehead atoms. The highest BCUT2D eigenvalue weighted by Crippen LogP contribution is 2.04. The van der Waals surface area contributed by atoms with Crippen molar-refractivity contribution >= 4 is 6.21 Å². The molecule has 0 aromatic rings. The van der Waals surface area contributed by atoms with Crippen molar-refractivity contribution in [2.45, 2.75) is 51.1 Å². The first-order valence-electron chi connectivity index (χ1n) is 6.60. The van der Waals surface area contributed by atoms with Crippen molar-refractivity contribution in [3.05, 3.63) is 0 Å². The van der Waals surface area contributed by atoms with Gasteiger partial charge < -0.3 is 25.5 Å². The zero-order valence-corrected chi connectivity index (χ0v) is 11.6. The van der Waals surface area contributed by atoms with Crippen LogP contribution in [0.3, 0.4) is 0 Å². The first-order chi connectivity index (χ1) is 8.97. The standard InChI is InChI=1S/C12H26N2O5/c1-3-5-14(6-4-2)13-7-9(16)11(18)12(19)10(17)8-15/h7,9-12,15-19H,3-6,8H2,1-2H3/b13-7+/t9-,10-,11-,12-/m1/s1. The van der Waals surface area contributed by atoms with Gasteiger partial charge in [-0.05, 0) is 12.8 Å². The van der Waals surface area contributed by atoms with Crippen molar-refractivity contribution in [3.8, 4) is 0 Å². The molecule has 0 spiro atoms. The highest BCUT2D eigenvalue weighted by Gasteiger charge is 2.29. The molecule has 0 aliphatic carbocycles. The molecule has 4 atom stereocenters. The van der Waals surface area contributed by atoms with Crippen LogP contribution in [0.5, 0.6) is 0 Å². The van der Waals surface area contributed by atoms with E-state index in [0.29, 0.717) is 0 Å². The fourth-order valence-corrected chi connectivity index (χ4v) is 1.53. The van der Waals surface area contributed by atoms with Gasteiger partial charge >= 0.3 is 0 Å². The fourth-order valence-electron chi connectivity index (χ4n) is 1.53. The third-order valence-electron chi connectivity index (χ3n) is 2.63. The van der Waals surface area contributed by atoms with E-state index < -0.39 is 31.0 Å². The molecule has 19 heavy (non-hydrogen) atoms. The Labute approximate surface area is 113 Å². The molecule has 0 aromatic heterocycles. The second-order valence-electron chi connectivity index (χ2n) is 4.44. The summed E-state index contributed by atoms with van der Waals surface area (Å²) in [5.74, 6) is 0. The van der Waals surface area contributed by atoms with E-state index in [1.165, 1.54) is 0 Å². The smallest absolute Gasteiger partial charge is 0.119 e. The molecule has 0 saturated carbocycles. The summed E-state index contributed by atoms with van der Waals surface area (Å²) in [7, 11) is 0. The molecule has 0 fully saturated rings. The number of hydrogen-bond acceptors (Lipinski definition) is 7. The van der Waals surface area contributed by atoms with Crippen molar-refractivity contribution in [1.29, 1.82) is 0 Å². The lowest BCUT2D eigenvalue weighted by Crippen LogP contribution is -2.46. The van der Waals surface area contributed by atoms with Crippen LogP contribution in [-0.2, 0) is 0 Å². The average molecular weight is 278 g/mol.